The largest absolute Gasteiger partial charge is 0.377 e. The maximum Gasteiger partial charge on any atom is 0.131 e. The number of terminal acetylenes is 1. The van der Waals surface area contributed by atoms with Crippen molar-refractivity contribution < 1.29 is 5.11 Å². The average Bonchev–Trinajstić information content (AvgIpc) is 2.88. The van der Waals surface area contributed by atoms with Crippen LogP contribution in [0.15, 0.2) is 22.8 Å². The van der Waals surface area contributed by atoms with Crippen LogP contribution in [0.2, 0.25) is 0 Å². The van der Waals surface area contributed by atoms with Crippen molar-refractivity contribution in [3.63, 3.8) is 0 Å². The summed E-state index contributed by atoms with van der Waals surface area (Å²) >= 11 is 0. The van der Waals surface area contributed by atoms with Crippen LogP contribution in [0.1, 0.15) is 71.6 Å². The van der Waals surface area contributed by atoms with Crippen molar-refractivity contribution in [1.82, 2.24) is 0 Å². The van der Waals surface area contributed by atoms with Gasteiger partial charge in [-0.25, -0.2) is 0 Å². The minimum atomic E-state index is -0.852. The molecule has 0 aromatic rings. The molecule has 4 rings (SSSR count). The second kappa shape index (κ2) is 5.25. The summed E-state index contributed by atoms with van der Waals surface area (Å²) in [4.78, 5) is 0. The van der Waals surface area contributed by atoms with Crippen molar-refractivity contribution >= 4 is 0 Å². The number of allylic oxidation sites excluding steroid dienone is 4. The first-order valence-electron chi connectivity index (χ1n) is 9.61. The highest BCUT2D eigenvalue weighted by Crippen LogP contribution is 2.65. The van der Waals surface area contributed by atoms with Gasteiger partial charge in [-0.2, -0.15) is 0 Å². The topological polar surface area (TPSA) is 20.2 Å². The van der Waals surface area contributed by atoms with Crippen LogP contribution in [0.5, 0.6) is 0 Å². The van der Waals surface area contributed by atoms with Crippen LogP contribution in [0.25, 0.3) is 0 Å². The molecule has 124 valence electrons. The van der Waals surface area contributed by atoms with E-state index in [1.165, 1.54) is 32.1 Å². The van der Waals surface area contributed by atoms with Gasteiger partial charge < -0.3 is 5.11 Å². The van der Waals surface area contributed by atoms with E-state index in [-0.39, 0.29) is 5.41 Å². The third kappa shape index (κ3) is 1.97. The van der Waals surface area contributed by atoms with Crippen molar-refractivity contribution in [2.24, 2.45) is 23.2 Å². The zero-order valence-electron chi connectivity index (χ0n) is 14.7. The summed E-state index contributed by atoms with van der Waals surface area (Å²) in [5, 5.41) is 11.1. The molecule has 0 spiro atoms. The highest BCUT2D eigenvalue weighted by molar-refractivity contribution is 5.34. The fourth-order valence-electron chi connectivity index (χ4n) is 6.86. The molecule has 0 aliphatic heterocycles. The summed E-state index contributed by atoms with van der Waals surface area (Å²) in [6.45, 7) is 4.53. The lowest BCUT2D eigenvalue weighted by Crippen LogP contribution is -2.52. The Morgan fingerprint density at radius 3 is 2.87 bits per heavy atom. The molecule has 0 aromatic carbocycles. The summed E-state index contributed by atoms with van der Waals surface area (Å²) in [6, 6.07) is 0. The molecule has 2 fully saturated rings. The Bertz CT molecular complexity index is 618. The molecule has 2 saturated carbocycles. The maximum absolute atomic E-state index is 11.1. The van der Waals surface area contributed by atoms with Gasteiger partial charge in [0.1, 0.15) is 5.60 Å². The quantitative estimate of drug-likeness (QED) is 0.533. The summed E-state index contributed by atoms with van der Waals surface area (Å²) in [5.74, 6) is 4.99. The molecule has 0 aromatic heterocycles. The van der Waals surface area contributed by atoms with E-state index < -0.39 is 5.60 Å². The number of hydrogen-bond donors (Lipinski definition) is 1. The summed E-state index contributed by atoms with van der Waals surface area (Å²) in [6.07, 6.45) is 18.6. The Morgan fingerprint density at radius 2 is 2.13 bits per heavy atom. The van der Waals surface area contributed by atoms with E-state index in [0.29, 0.717) is 5.92 Å². The minimum absolute atomic E-state index is 0.0125. The molecule has 4 aliphatic rings. The second-order valence-electron chi connectivity index (χ2n) is 8.57. The average molecular weight is 310 g/mol. The van der Waals surface area contributed by atoms with Crippen molar-refractivity contribution in [3.05, 3.63) is 22.8 Å². The third-order valence-corrected chi connectivity index (χ3v) is 8.00. The Balaban J connectivity index is 1.68. The number of aliphatic hydroxyl groups is 1. The fourth-order valence-corrected chi connectivity index (χ4v) is 6.86. The molecule has 1 heteroatoms. The molecule has 3 unspecified atom stereocenters. The van der Waals surface area contributed by atoms with Crippen LogP contribution in [-0.2, 0) is 0 Å². The van der Waals surface area contributed by atoms with Crippen LogP contribution in [0.3, 0.4) is 0 Å². The van der Waals surface area contributed by atoms with Crippen LogP contribution in [-0.4, -0.2) is 10.7 Å². The number of rotatable bonds is 1. The summed E-state index contributed by atoms with van der Waals surface area (Å²) in [7, 11) is 0. The third-order valence-electron chi connectivity index (χ3n) is 8.00. The zero-order chi connectivity index (χ0) is 16.2. The molecule has 4 aliphatic carbocycles. The van der Waals surface area contributed by atoms with Gasteiger partial charge >= 0.3 is 0 Å². The molecule has 1 nitrogen and oxygen atoms in total. The van der Waals surface area contributed by atoms with Gasteiger partial charge in [0.05, 0.1) is 0 Å². The smallest absolute Gasteiger partial charge is 0.131 e. The Labute approximate surface area is 141 Å². The zero-order valence-corrected chi connectivity index (χ0v) is 14.7. The van der Waals surface area contributed by atoms with Gasteiger partial charge in [-0.1, -0.05) is 35.6 Å². The van der Waals surface area contributed by atoms with Crippen LogP contribution >= 0.6 is 0 Å². The lowest BCUT2D eigenvalue weighted by Gasteiger charge is -2.54. The second-order valence-corrected chi connectivity index (χ2v) is 8.57. The van der Waals surface area contributed by atoms with E-state index in [0.717, 1.165) is 37.5 Å². The molecule has 0 amide bonds. The predicted molar refractivity (Wildman–Crippen MR) is 94.7 cm³/mol. The fraction of sp³-hybridized carbons (Fsp3) is 0.727. The van der Waals surface area contributed by atoms with E-state index in [9.17, 15) is 5.11 Å². The monoisotopic (exact) mass is 310 g/mol. The summed E-state index contributed by atoms with van der Waals surface area (Å²) < 4.78 is 0. The molecular weight excluding hydrogens is 280 g/mol. The Kier molecular flexibility index (Phi) is 3.54. The van der Waals surface area contributed by atoms with Crippen LogP contribution < -0.4 is 0 Å². The minimum Gasteiger partial charge on any atom is -0.377 e. The molecule has 0 radical (unpaired) electrons. The van der Waals surface area contributed by atoms with E-state index in [1.54, 1.807) is 16.7 Å². The van der Waals surface area contributed by atoms with Gasteiger partial charge in [-0.05, 0) is 82.5 Å². The van der Waals surface area contributed by atoms with E-state index >= 15 is 0 Å². The molecule has 1 N–H and O–H groups in total. The molecule has 0 bridgehead atoms. The standard InChI is InChI=1S/C22H30O/c1-4-21-12-10-18-17-8-6-15(3)14-16(17)7-9-19(18)20(21)11-13-22(21,23)5-2/h2,6,18-20,23H,4,7-14H2,1,3H3/t18?,19?,20?,21-,22-/m0/s1. The van der Waals surface area contributed by atoms with Crippen LogP contribution in [0.4, 0.5) is 0 Å². The first kappa shape index (κ1) is 15.5. The van der Waals surface area contributed by atoms with Crippen molar-refractivity contribution in [1.29, 1.82) is 0 Å². The lowest BCUT2D eigenvalue weighted by atomic mass is 9.51. The number of hydrogen-bond acceptors (Lipinski definition) is 1. The SMILES string of the molecule is C#C[C@]1(O)CCC2C3CCC4=C(CC=C(C)C4)C3CC[C@@]21CC. The van der Waals surface area contributed by atoms with Gasteiger partial charge in [-0.3, -0.25) is 0 Å². The highest BCUT2D eigenvalue weighted by Gasteiger charge is 2.62. The molecular formula is C22H30O. The highest BCUT2D eigenvalue weighted by atomic mass is 16.3. The van der Waals surface area contributed by atoms with E-state index in [4.69, 9.17) is 6.42 Å². The molecule has 5 atom stereocenters. The molecule has 0 heterocycles. The molecule has 0 saturated heterocycles. The lowest BCUT2D eigenvalue weighted by molar-refractivity contribution is -0.0855. The van der Waals surface area contributed by atoms with Gasteiger partial charge in [0, 0.05) is 5.41 Å². The summed E-state index contributed by atoms with van der Waals surface area (Å²) in [5.41, 5.74) is 4.22. The maximum atomic E-state index is 11.1. The van der Waals surface area contributed by atoms with Crippen molar-refractivity contribution in [2.45, 2.75) is 77.2 Å². The Morgan fingerprint density at radius 1 is 1.30 bits per heavy atom. The van der Waals surface area contributed by atoms with Gasteiger partial charge in [0.2, 0.25) is 0 Å². The van der Waals surface area contributed by atoms with Crippen LogP contribution in [0, 0.1) is 35.5 Å². The first-order valence-corrected chi connectivity index (χ1v) is 9.61. The van der Waals surface area contributed by atoms with Crippen molar-refractivity contribution in [2.75, 3.05) is 0 Å². The molecule has 23 heavy (non-hydrogen) atoms. The normalized spacial score (nSPS) is 45.7. The van der Waals surface area contributed by atoms with Gasteiger partial charge in [0.25, 0.3) is 0 Å². The van der Waals surface area contributed by atoms with E-state index in [2.05, 4.69) is 25.8 Å². The Hall–Kier alpha value is -1.00. The predicted octanol–water partition coefficient (Wildman–Crippen LogP) is 5.01. The van der Waals surface area contributed by atoms with Gasteiger partial charge in [-0.15, -0.1) is 6.42 Å². The first-order chi connectivity index (χ1) is 11.0. The number of fused-ring (bicyclic) bond motifs is 4. The van der Waals surface area contributed by atoms with Crippen molar-refractivity contribution in [3.8, 4) is 12.3 Å². The van der Waals surface area contributed by atoms with Gasteiger partial charge in [0.15, 0.2) is 0 Å². The van der Waals surface area contributed by atoms with E-state index in [1.807, 2.05) is 0 Å².